The van der Waals surface area contributed by atoms with Crippen LogP contribution in [0.5, 0.6) is 17.2 Å². The second-order valence-electron chi connectivity index (χ2n) is 6.69. The molecule has 0 unspecified atom stereocenters. The Balaban J connectivity index is 1.35. The maximum Gasteiger partial charge on any atom is 0.231 e. The lowest BCUT2D eigenvalue weighted by Crippen LogP contribution is -2.50. The van der Waals surface area contributed by atoms with Crippen LogP contribution in [0.4, 0.5) is 0 Å². The molecular formula is C18H26N2O3S. The molecule has 0 saturated carbocycles. The number of piperazine rings is 1. The Bertz CT molecular complexity index is 570. The molecule has 1 aromatic rings. The molecule has 0 N–H and O–H groups in total. The summed E-state index contributed by atoms with van der Waals surface area (Å²) in [6, 6.07) is 4.99. The van der Waals surface area contributed by atoms with E-state index in [4.69, 9.17) is 14.2 Å². The number of methoxy groups -OCH3 is 1. The van der Waals surface area contributed by atoms with Gasteiger partial charge in [-0.2, -0.15) is 11.8 Å². The van der Waals surface area contributed by atoms with Crippen LogP contribution < -0.4 is 14.2 Å². The van der Waals surface area contributed by atoms with Crippen LogP contribution in [-0.2, 0) is 6.54 Å². The highest BCUT2D eigenvalue weighted by Gasteiger charge is 2.26. The van der Waals surface area contributed by atoms with E-state index < -0.39 is 0 Å². The SMILES string of the molecule is COc1cc(CN2CCN(C3CCSCC3)CC2)cc2c1OCO2. The molecule has 0 aliphatic carbocycles. The molecular weight excluding hydrogens is 324 g/mol. The summed E-state index contributed by atoms with van der Waals surface area (Å²) < 4.78 is 16.5. The molecule has 0 bridgehead atoms. The van der Waals surface area contributed by atoms with Gasteiger partial charge >= 0.3 is 0 Å². The fourth-order valence-corrected chi connectivity index (χ4v) is 4.95. The van der Waals surface area contributed by atoms with E-state index in [1.54, 1.807) is 7.11 Å². The smallest absolute Gasteiger partial charge is 0.231 e. The van der Waals surface area contributed by atoms with Gasteiger partial charge in [0.15, 0.2) is 11.5 Å². The first kappa shape index (κ1) is 16.4. The van der Waals surface area contributed by atoms with Gasteiger partial charge in [0.05, 0.1) is 7.11 Å². The molecule has 0 spiro atoms. The Kier molecular flexibility index (Phi) is 5.06. The van der Waals surface area contributed by atoms with Gasteiger partial charge in [-0.3, -0.25) is 9.80 Å². The first-order valence-corrected chi connectivity index (χ1v) is 9.99. The minimum absolute atomic E-state index is 0.285. The first-order valence-electron chi connectivity index (χ1n) is 8.84. The largest absolute Gasteiger partial charge is 0.493 e. The molecule has 0 atom stereocenters. The molecule has 6 heteroatoms. The molecule has 4 rings (SSSR count). The third-order valence-electron chi connectivity index (χ3n) is 5.24. The molecule has 2 saturated heterocycles. The molecule has 2 fully saturated rings. The van der Waals surface area contributed by atoms with E-state index >= 15 is 0 Å². The lowest BCUT2D eigenvalue weighted by Gasteiger charge is -2.40. The number of thioether (sulfide) groups is 1. The average Bonchev–Trinajstić information content (AvgIpc) is 3.11. The minimum Gasteiger partial charge on any atom is -0.493 e. The van der Waals surface area contributed by atoms with Crippen molar-refractivity contribution in [2.24, 2.45) is 0 Å². The zero-order chi connectivity index (χ0) is 16.4. The van der Waals surface area contributed by atoms with Gasteiger partial charge in [-0.15, -0.1) is 0 Å². The molecule has 1 aromatic carbocycles. The predicted octanol–water partition coefficient (Wildman–Crippen LogP) is 2.44. The van der Waals surface area contributed by atoms with Gasteiger partial charge in [0.25, 0.3) is 0 Å². The number of hydrogen-bond donors (Lipinski definition) is 0. The van der Waals surface area contributed by atoms with Crippen LogP contribution in [0.1, 0.15) is 18.4 Å². The van der Waals surface area contributed by atoms with Crippen molar-refractivity contribution in [3.63, 3.8) is 0 Å². The van der Waals surface area contributed by atoms with Crippen LogP contribution in [0.3, 0.4) is 0 Å². The number of fused-ring (bicyclic) bond motifs is 1. The first-order chi connectivity index (χ1) is 11.8. The highest BCUT2D eigenvalue weighted by atomic mass is 32.2. The Morgan fingerprint density at radius 3 is 2.67 bits per heavy atom. The van der Waals surface area contributed by atoms with Crippen molar-refractivity contribution < 1.29 is 14.2 Å². The van der Waals surface area contributed by atoms with E-state index in [-0.39, 0.29) is 6.79 Å². The third kappa shape index (κ3) is 3.46. The maximum atomic E-state index is 5.54. The molecule has 3 aliphatic heterocycles. The van der Waals surface area contributed by atoms with Crippen molar-refractivity contribution in [1.82, 2.24) is 9.80 Å². The lowest BCUT2D eigenvalue weighted by molar-refractivity contribution is 0.0879. The molecule has 0 aromatic heterocycles. The van der Waals surface area contributed by atoms with E-state index in [0.717, 1.165) is 42.9 Å². The zero-order valence-electron chi connectivity index (χ0n) is 14.3. The summed E-state index contributed by atoms with van der Waals surface area (Å²) in [6.45, 7) is 5.89. The Morgan fingerprint density at radius 2 is 1.92 bits per heavy atom. The molecule has 3 heterocycles. The average molecular weight is 350 g/mol. The van der Waals surface area contributed by atoms with Gasteiger partial charge in [0.2, 0.25) is 12.5 Å². The van der Waals surface area contributed by atoms with E-state index in [2.05, 4.69) is 33.7 Å². The number of ether oxygens (including phenoxy) is 3. The van der Waals surface area contributed by atoms with E-state index in [1.807, 2.05) is 0 Å². The van der Waals surface area contributed by atoms with Gasteiger partial charge in [-0.1, -0.05) is 0 Å². The van der Waals surface area contributed by atoms with Crippen molar-refractivity contribution in [3.05, 3.63) is 17.7 Å². The van der Waals surface area contributed by atoms with Gasteiger partial charge in [0.1, 0.15) is 0 Å². The topological polar surface area (TPSA) is 34.2 Å². The molecule has 132 valence electrons. The summed E-state index contributed by atoms with van der Waals surface area (Å²) >= 11 is 2.11. The summed E-state index contributed by atoms with van der Waals surface area (Å²) in [5.41, 5.74) is 1.23. The molecule has 3 aliphatic rings. The van der Waals surface area contributed by atoms with Crippen molar-refractivity contribution in [2.75, 3.05) is 51.6 Å². The summed E-state index contributed by atoms with van der Waals surface area (Å²) in [7, 11) is 1.68. The van der Waals surface area contributed by atoms with E-state index in [0.29, 0.717) is 0 Å². The number of rotatable bonds is 4. The predicted molar refractivity (Wildman–Crippen MR) is 96.3 cm³/mol. The number of hydrogen-bond acceptors (Lipinski definition) is 6. The van der Waals surface area contributed by atoms with E-state index in [1.165, 1.54) is 43.0 Å². The van der Waals surface area contributed by atoms with Crippen LogP contribution in [-0.4, -0.2) is 67.4 Å². The van der Waals surface area contributed by atoms with Crippen LogP contribution >= 0.6 is 11.8 Å². The van der Waals surface area contributed by atoms with E-state index in [9.17, 15) is 0 Å². The highest BCUT2D eigenvalue weighted by molar-refractivity contribution is 7.99. The van der Waals surface area contributed by atoms with Gasteiger partial charge in [-0.25, -0.2) is 0 Å². The summed E-state index contributed by atoms with van der Waals surface area (Å²) in [5, 5.41) is 0. The van der Waals surface area contributed by atoms with Crippen molar-refractivity contribution >= 4 is 11.8 Å². The normalized spacial score (nSPS) is 22.7. The van der Waals surface area contributed by atoms with Crippen LogP contribution in [0.25, 0.3) is 0 Å². The fourth-order valence-electron chi connectivity index (χ4n) is 3.87. The molecule has 5 nitrogen and oxygen atoms in total. The van der Waals surface area contributed by atoms with Crippen LogP contribution in [0, 0.1) is 0 Å². The van der Waals surface area contributed by atoms with Crippen LogP contribution in [0.2, 0.25) is 0 Å². The second kappa shape index (κ2) is 7.42. The van der Waals surface area contributed by atoms with Crippen molar-refractivity contribution in [3.8, 4) is 17.2 Å². The lowest BCUT2D eigenvalue weighted by atomic mass is 10.1. The van der Waals surface area contributed by atoms with Crippen molar-refractivity contribution in [2.45, 2.75) is 25.4 Å². The Hall–Kier alpha value is -1.11. The second-order valence-corrected chi connectivity index (χ2v) is 7.91. The standard InChI is InChI=1S/C18H26N2O3S/c1-21-16-10-14(11-17-18(16)23-13-22-17)12-19-4-6-20(7-5-19)15-2-8-24-9-3-15/h10-11,15H,2-9,12-13H2,1H3. The van der Waals surface area contributed by atoms with Crippen molar-refractivity contribution in [1.29, 1.82) is 0 Å². The minimum atomic E-state index is 0.285. The molecule has 0 radical (unpaired) electrons. The van der Waals surface area contributed by atoms with Gasteiger partial charge in [0, 0.05) is 38.8 Å². The zero-order valence-corrected chi connectivity index (χ0v) is 15.1. The monoisotopic (exact) mass is 350 g/mol. The fraction of sp³-hybridized carbons (Fsp3) is 0.667. The van der Waals surface area contributed by atoms with Gasteiger partial charge in [-0.05, 0) is 42.0 Å². The number of benzene rings is 1. The highest BCUT2D eigenvalue weighted by Crippen LogP contribution is 2.42. The summed E-state index contributed by atoms with van der Waals surface area (Å²) in [5.74, 6) is 4.99. The maximum absolute atomic E-state index is 5.54. The molecule has 0 amide bonds. The molecule has 24 heavy (non-hydrogen) atoms. The summed E-state index contributed by atoms with van der Waals surface area (Å²) in [6.07, 6.45) is 2.73. The third-order valence-corrected chi connectivity index (χ3v) is 6.29. The summed E-state index contributed by atoms with van der Waals surface area (Å²) in [4.78, 5) is 5.24. The quantitative estimate of drug-likeness (QED) is 0.830. The Morgan fingerprint density at radius 1 is 1.12 bits per heavy atom. The Labute approximate surface area is 148 Å². The van der Waals surface area contributed by atoms with Crippen LogP contribution in [0.15, 0.2) is 12.1 Å². The number of nitrogens with zero attached hydrogens (tertiary/aromatic N) is 2. The van der Waals surface area contributed by atoms with Gasteiger partial charge < -0.3 is 14.2 Å².